The van der Waals surface area contributed by atoms with Crippen LogP contribution in [0.4, 0.5) is 5.69 Å². The molecule has 5 rings (SSSR count). The second-order valence-corrected chi connectivity index (χ2v) is 10.2. The predicted octanol–water partition coefficient (Wildman–Crippen LogP) is 4.56. The van der Waals surface area contributed by atoms with Gasteiger partial charge in [-0.1, -0.05) is 26.0 Å². The van der Waals surface area contributed by atoms with Crippen LogP contribution in [0.1, 0.15) is 50.9 Å². The summed E-state index contributed by atoms with van der Waals surface area (Å²) >= 11 is 0. The molecule has 1 aliphatic heterocycles. The first-order valence-electron chi connectivity index (χ1n) is 13.2. The number of hydrogen-bond donors (Lipinski definition) is 0. The lowest BCUT2D eigenvalue weighted by Crippen LogP contribution is -2.58. The molecule has 8 nitrogen and oxygen atoms in total. The van der Waals surface area contributed by atoms with Crippen molar-refractivity contribution < 1.29 is 0 Å². The second kappa shape index (κ2) is 9.98. The third-order valence-corrected chi connectivity index (χ3v) is 8.13. The molecule has 3 atom stereocenters. The van der Waals surface area contributed by atoms with Crippen LogP contribution < -0.4 is 10.5 Å². The number of benzene rings is 1. The lowest BCUT2D eigenvalue weighted by Gasteiger charge is -2.49. The molecule has 0 N–H and O–H groups in total. The Morgan fingerprint density at radius 1 is 1.14 bits per heavy atom. The fourth-order valence-electron chi connectivity index (χ4n) is 5.87. The van der Waals surface area contributed by atoms with Gasteiger partial charge in [0, 0.05) is 61.6 Å². The van der Waals surface area contributed by atoms with E-state index in [1.807, 2.05) is 6.20 Å². The number of rotatable bonds is 6. The number of aryl methyl sites for hydroxylation is 2. The fourth-order valence-corrected chi connectivity index (χ4v) is 5.87. The van der Waals surface area contributed by atoms with Crippen LogP contribution in [0.25, 0.3) is 21.8 Å². The average Bonchev–Trinajstić information content (AvgIpc) is 3.34. The molecule has 1 saturated heterocycles. The molecule has 0 spiro atoms. The highest BCUT2D eigenvalue weighted by Gasteiger charge is 2.36. The van der Waals surface area contributed by atoms with Gasteiger partial charge in [-0.2, -0.15) is 10.4 Å². The van der Waals surface area contributed by atoms with Crippen LogP contribution in [-0.4, -0.2) is 49.4 Å². The van der Waals surface area contributed by atoms with Gasteiger partial charge in [0.15, 0.2) is 0 Å². The Morgan fingerprint density at radius 2 is 1.92 bits per heavy atom. The van der Waals surface area contributed by atoms with E-state index in [2.05, 4.69) is 72.8 Å². The minimum absolute atomic E-state index is 0.0568. The first kappa shape index (κ1) is 25.0. The molecular formula is C29H35N7O. The zero-order chi connectivity index (χ0) is 26.3. The molecule has 0 aliphatic carbocycles. The van der Waals surface area contributed by atoms with E-state index < -0.39 is 0 Å². The van der Waals surface area contributed by atoms with E-state index in [0.29, 0.717) is 6.04 Å². The summed E-state index contributed by atoms with van der Waals surface area (Å²) < 4.78 is 3.24. The standard InChI is InChI=1S/C29H35N7O/c1-6-23-17-36(26-15-28(37)33(5)27-18-34(13-11-30)32-29(26)27)24(7-2)16-35(23)20(4)21-8-9-25-19(3)31-12-10-22(25)14-21/h8-10,12,14-15,18,20,23-24H,6-7,13,16-17H2,1-5H3/t20-,23+,24-/m0/s1. The van der Waals surface area contributed by atoms with E-state index in [0.717, 1.165) is 48.3 Å². The van der Waals surface area contributed by atoms with Crippen LogP contribution in [0.3, 0.4) is 0 Å². The quantitative estimate of drug-likeness (QED) is 0.389. The summed E-state index contributed by atoms with van der Waals surface area (Å²) in [5.74, 6) is 0. The Morgan fingerprint density at radius 3 is 2.65 bits per heavy atom. The van der Waals surface area contributed by atoms with Crippen molar-refractivity contribution in [2.24, 2.45) is 7.05 Å². The van der Waals surface area contributed by atoms with Gasteiger partial charge >= 0.3 is 0 Å². The number of anilines is 1. The van der Waals surface area contributed by atoms with Gasteiger partial charge in [0.05, 0.1) is 23.5 Å². The predicted molar refractivity (Wildman–Crippen MR) is 148 cm³/mol. The summed E-state index contributed by atoms with van der Waals surface area (Å²) in [5.41, 5.74) is 4.73. The highest BCUT2D eigenvalue weighted by molar-refractivity contribution is 5.88. The molecule has 0 unspecified atom stereocenters. The van der Waals surface area contributed by atoms with Crippen LogP contribution in [-0.2, 0) is 13.6 Å². The van der Waals surface area contributed by atoms with E-state index in [1.54, 1.807) is 28.6 Å². The van der Waals surface area contributed by atoms with Gasteiger partial charge in [-0.05, 0) is 49.8 Å². The highest BCUT2D eigenvalue weighted by Crippen LogP contribution is 2.35. The number of aromatic nitrogens is 4. The molecule has 0 amide bonds. The number of fused-ring (bicyclic) bond motifs is 2. The molecule has 1 aliphatic rings. The number of pyridine rings is 2. The van der Waals surface area contributed by atoms with Crippen LogP contribution in [0.2, 0.25) is 0 Å². The van der Waals surface area contributed by atoms with Crippen molar-refractivity contribution in [1.29, 1.82) is 5.26 Å². The van der Waals surface area contributed by atoms with Crippen LogP contribution in [0.15, 0.2) is 47.5 Å². The summed E-state index contributed by atoms with van der Waals surface area (Å²) in [6.45, 7) is 10.7. The number of nitrogens with zero attached hydrogens (tertiary/aromatic N) is 7. The van der Waals surface area contributed by atoms with Crippen molar-refractivity contribution in [1.82, 2.24) is 24.2 Å². The van der Waals surface area contributed by atoms with Gasteiger partial charge < -0.3 is 9.47 Å². The molecular weight excluding hydrogens is 462 g/mol. The maximum absolute atomic E-state index is 12.9. The molecule has 0 bridgehead atoms. The van der Waals surface area contributed by atoms with Gasteiger partial charge in [-0.3, -0.25) is 19.4 Å². The van der Waals surface area contributed by atoms with Crippen LogP contribution in [0, 0.1) is 18.3 Å². The van der Waals surface area contributed by atoms with Gasteiger partial charge in [0.25, 0.3) is 5.56 Å². The second-order valence-electron chi connectivity index (χ2n) is 10.2. The molecule has 192 valence electrons. The molecule has 0 radical (unpaired) electrons. The van der Waals surface area contributed by atoms with Crippen molar-refractivity contribution in [2.45, 2.75) is 65.2 Å². The van der Waals surface area contributed by atoms with Gasteiger partial charge in [0.1, 0.15) is 12.1 Å². The van der Waals surface area contributed by atoms with E-state index in [-0.39, 0.29) is 24.2 Å². The van der Waals surface area contributed by atoms with Crippen molar-refractivity contribution in [3.8, 4) is 6.07 Å². The number of hydrogen-bond acceptors (Lipinski definition) is 6. The number of nitriles is 1. The zero-order valence-corrected chi connectivity index (χ0v) is 22.3. The molecule has 4 aromatic rings. The van der Waals surface area contributed by atoms with Gasteiger partial charge in [-0.25, -0.2) is 0 Å². The summed E-state index contributed by atoms with van der Waals surface area (Å²) in [7, 11) is 1.76. The lowest BCUT2D eigenvalue weighted by molar-refractivity contribution is 0.101. The van der Waals surface area contributed by atoms with Crippen LogP contribution >= 0.6 is 0 Å². The summed E-state index contributed by atoms with van der Waals surface area (Å²) in [5, 5.41) is 16.3. The first-order chi connectivity index (χ1) is 17.9. The van der Waals surface area contributed by atoms with Crippen LogP contribution in [0.5, 0.6) is 0 Å². The van der Waals surface area contributed by atoms with E-state index in [4.69, 9.17) is 5.10 Å². The van der Waals surface area contributed by atoms with E-state index >= 15 is 0 Å². The summed E-state index contributed by atoms with van der Waals surface area (Å²) in [6.07, 6.45) is 5.65. The Hall–Kier alpha value is -3.70. The van der Waals surface area contributed by atoms with Crippen molar-refractivity contribution in [3.05, 3.63) is 64.3 Å². The molecule has 1 aromatic carbocycles. The average molecular weight is 498 g/mol. The normalized spacial score (nSPS) is 19.4. The molecule has 37 heavy (non-hydrogen) atoms. The largest absolute Gasteiger partial charge is 0.364 e. The minimum Gasteiger partial charge on any atom is -0.364 e. The molecule has 3 aromatic heterocycles. The molecule has 1 fully saturated rings. The zero-order valence-electron chi connectivity index (χ0n) is 22.3. The number of piperazine rings is 1. The fraction of sp³-hybridized carbons (Fsp3) is 0.448. The topological polar surface area (TPSA) is 83.0 Å². The lowest BCUT2D eigenvalue weighted by atomic mass is 9.95. The van der Waals surface area contributed by atoms with Crippen molar-refractivity contribution in [2.75, 3.05) is 18.0 Å². The summed E-state index contributed by atoms with van der Waals surface area (Å²) in [6, 6.07) is 13.5. The molecule has 8 heteroatoms. The maximum atomic E-state index is 12.9. The SMILES string of the molecule is CC[C@H]1CN([C@@H](C)c2ccc3c(C)nccc3c2)[C@H](CC)CN1c1cc(=O)n(C)c2cn(CC#N)nc12. The molecule has 0 saturated carbocycles. The maximum Gasteiger partial charge on any atom is 0.252 e. The van der Waals surface area contributed by atoms with Gasteiger partial charge in [0.2, 0.25) is 0 Å². The first-order valence-corrected chi connectivity index (χ1v) is 13.2. The van der Waals surface area contributed by atoms with Crippen molar-refractivity contribution >= 4 is 27.5 Å². The Balaban J connectivity index is 1.51. The van der Waals surface area contributed by atoms with E-state index in [9.17, 15) is 10.1 Å². The smallest absolute Gasteiger partial charge is 0.252 e. The Kier molecular flexibility index (Phi) is 6.74. The third-order valence-electron chi connectivity index (χ3n) is 8.13. The monoisotopic (exact) mass is 497 g/mol. The third kappa shape index (κ3) is 4.38. The molecule has 4 heterocycles. The Labute approximate surface area is 217 Å². The highest BCUT2D eigenvalue weighted by atomic mass is 16.1. The van der Waals surface area contributed by atoms with Gasteiger partial charge in [-0.15, -0.1) is 0 Å². The Bertz CT molecular complexity index is 1550. The van der Waals surface area contributed by atoms with Crippen molar-refractivity contribution in [3.63, 3.8) is 0 Å². The minimum atomic E-state index is -0.0568. The van der Waals surface area contributed by atoms with E-state index in [1.165, 1.54) is 16.3 Å². The summed E-state index contributed by atoms with van der Waals surface area (Å²) in [4.78, 5) is 22.4.